The second-order valence-corrected chi connectivity index (χ2v) is 5.06. The van der Waals surface area contributed by atoms with Crippen LogP contribution in [0.25, 0.3) is 0 Å². The Morgan fingerprint density at radius 3 is 2.79 bits per heavy atom. The van der Waals surface area contributed by atoms with Crippen LogP contribution in [0.3, 0.4) is 0 Å². The molecule has 7 heteroatoms. The van der Waals surface area contributed by atoms with Gasteiger partial charge in [-0.15, -0.1) is 0 Å². The van der Waals surface area contributed by atoms with E-state index in [9.17, 15) is 9.59 Å². The summed E-state index contributed by atoms with van der Waals surface area (Å²) in [6.07, 6.45) is 1.11. The van der Waals surface area contributed by atoms with Crippen LogP contribution in [0.1, 0.15) is 13.3 Å². The number of nitrogens with zero attached hydrogens (tertiary/aromatic N) is 2. The van der Waals surface area contributed by atoms with Crippen LogP contribution in [0, 0.1) is 5.92 Å². The number of hydrogen-bond donors (Lipinski definition) is 3. The first kappa shape index (κ1) is 13.7. The van der Waals surface area contributed by atoms with Crippen LogP contribution in [0.2, 0.25) is 0 Å². The Bertz CT molecular complexity index is 562. The van der Waals surface area contributed by atoms with Crippen molar-refractivity contribution in [2.45, 2.75) is 19.9 Å². The van der Waals surface area contributed by atoms with Crippen LogP contribution in [0.15, 0.2) is 9.59 Å². The van der Waals surface area contributed by atoms with Crippen molar-refractivity contribution in [1.82, 2.24) is 14.5 Å². The standard InChI is InChI=1S/C12H21N5O2/c1-3-17-10(13)9(11(18)15-12(17)19)14-6-8-4-5-16(2)7-8/h8,14H,3-7,13H2,1-2H3,(H,15,18,19). The molecule has 1 aromatic rings. The second kappa shape index (κ2) is 5.48. The van der Waals surface area contributed by atoms with E-state index in [1.807, 2.05) is 6.92 Å². The molecule has 0 saturated carbocycles. The van der Waals surface area contributed by atoms with Crippen molar-refractivity contribution in [3.05, 3.63) is 20.8 Å². The quantitative estimate of drug-likeness (QED) is 0.683. The van der Waals surface area contributed by atoms with E-state index < -0.39 is 11.2 Å². The SMILES string of the molecule is CCn1c(N)c(NCC2CCN(C)C2)c(=O)[nH]c1=O. The van der Waals surface area contributed by atoms with Crippen molar-refractivity contribution in [2.75, 3.05) is 37.7 Å². The molecule has 0 aromatic carbocycles. The Morgan fingerprint density at radius 1 is 1.47 bits per heavy atom. The second-order valence-electron chi connectivity index (χ2n) is 5.06. The number of H-pyrrole nitrogens is 1. The molecule has 0 spiro atoms. The van der Waals surface area contributed by atoms with E-state index in [0.717, 1.165) is 19.5 Å². The third kappa shape index (κ3) is 2.81. The molecule has 0 bridgehead atoms. The van der Waals surface area contributed by atoms with Gasteiger partial charge >= 0.3 is 5.69 Å². The molecule has 19 heavy (non-hydrogen) atoms. The lowest BCUT2D eigenvalue weighted by Crippen LogP contribution is -2.34. The summed E-state index contributed by atoms with van der Waals surface area (Å²) < 4.78 is 1.35. The summed E-state index contributed by atoms with van der Waals surface area (Å²) in [5.74, 6) is 0.716. The van der Waals surface area contributed by atoms with Crippen molar-refractivity contribution in [3.63, 3.8) is 0 Å². The third-order valence-electron chi connectivity index (χ3n) is 3.61. The van der Waals surface area contributed by atoms with Gasteiger partial charge in [-0.1, -0.05) is 0 Å². The van der Waals surface area contributed by atoms with Gasteiger partial charge < -0.3 is 16.0 Å². The number of nitrogens with one attached hydrogen (secondary N) is 2. The molecule has 2 rings (SSSR count). The number of aromatic nitrogens is 2. The molecular formula is C12H21N5O2. The molecule has 2 heterocycles. The smallest absolute Gasteiger partial charge is 0.330 e. The van der Waals surface area contributed by atoms with Crippen LogP contribution in [-0.2, 0) is 6.54 Å². The molecule has 106 valence electrons. The monoisotopic (exact) mass is 267 g/mol. The van der Waals surface area contributed by atoms with Gasteiger partial charge in [-0.2, -0.15) is 0 Å². The van der Waals surface area contributed by atoms with Gasteiger partial charge in [0.05, 0.1) is 0 Å². The molecule has 1 atom stereocenters. The number of hydrogen-bond acceptors (Lipinski definition) is 5. The predicted octanol–water partition coefficient (Wildman–Crippen LogP) is -0.498. The Labute approximate surface area is 111 Å². The van der Waals surface area contributed by atoms with E-state index in [4.69, 9.17) is 5.73 Å². The largest absolute Gasteiger partial charge is 0.383 e. The van der Waals surface area contributed by atoms with Gasteiger partial charge in [0.25, 0.3) is 5.56 Å². The third-order valence-corrected chi connectivity index (χ3v) is 3.61. The molecule has 1 aliphatic heterocycles. The first-order chi connectivity index (χ1) is 9.02. The zero-order chi connectivity index (χ0) is 14.0. The van der Waals surface area contributed by atoms with Crippen molar-refractivity contribution in [2.24, 2.45) is 5.92 Å². The lowest BCUT2D eigenvalue weighted by atomic mass is 10.1. The van der Waals surface area contributed by atoms with Crippen molar-refractivity contribution < 1.29 is 0 Å². The summed E-state index contributed by atoms with van der Waals surface area (Å²) in [7, 11) is 2.08. The van der Waals surface area contributed by atoms with Crippen molar-refractivity contribution in [1.29, 1.82) is 0 Å². The van der Waals surface area contributed by atoms with Gasteiger partial charge in [0.15, 0.2) is 0 Å². The number of nitrogen functional groups attached to an aromatic ring is 1. The minimum atomic E-state index is -0.462. The molecule has 0 amide bonds. The van der Waals surface area contributed by atoms with E-state index in [-0.39, 0.29) is 5.82 Å². The van der Waals surface area contributed by atoms with Gasteiger partial charge in [-0.05, 0) is 32.9 Å². The summed E-state index contributed by atoms with van der Waals surface area (Å²) in [6, 6.07) is 0. The highest BCUT2D eigenvalue weighted by atomic mass is 16.2. The average Bonchev–Trinajstić information content (AvgIpc) is 2.75. The molecule has 0 radical (unpaired) electrons. The predicted molar refractivity (Wildman–Crippen MR) is 75.5 cm³/mol. The summed E-state index contributed by atoms with van der Waals surface area (Å²) in [6.45, 7) is 5.03. The van der Waals surface area contributed by atoms with E-state index >= 15 is 0 Å². The Hall–Kier alpha value is -1.76. The number of rotatable bonds is 4. The van der Waals surface area contributed by atoms with E-state index in [1.54, 1.807) is 0 Å². The summed E-state index contributed by atoms with van der Waals surface area (Å²) in [5, 5.41) is 3.09. The van der Waals surface area contributed by atoms with Crippen molar-refractivity contribution >= 4 is 11.5 Å². The average molecular weight is 267 g/mol. The fourth-order valence-corrected chi connectivity index (χ4v) is 2.51. The summed E-state index contributed by atoms with van der Waals surface area (Å²) in [4.78, 5) is 27.9. The van der Waals surface area contributed by atoms with Gasteiger partial charge in [-0.3, -0.25) is 14.3 Å². The summed E-state index contributed by atoms with van der Waals surface area (Å²) >= 11 is 0. The maximum absolute atomic E-state index is 11.8. The highest BCUT2D eigenvalue weighted by molar-refractivity contribution is 5.60. The number of aromatic amines is 1. The number of nitrogens with two attached hydrogens (primary N) is 1. The highest BCUT2D eigenvalue weighted by Gasteiger charge is 2.20. The first-order valence-corrected chi connectivity index (χ1v) is 6.58. The molecule has 1 fully saturated rings. The zero-order valence-electron chi connectivity index (χ0n) is 11.4. The molecule has 4 N–H and O–H groups in total. The van der Waals surface area contributed by atoms with Gasteiger partial charge in [-0.25, -0.2) is 4.79 Å². The lowest BCUT2D eigenvalue weighted by molar-refractivity contribution is 0.399. The maximum Gasteiger partial charge on any atom is 0.330 e. The van der Waals surface area contributed by atoms with Crippen LogP contribution in [0.4, 0.5) is 11.5 Å². The maximum atomic E-state index is 11.8. The Kier molecular flexibility index (Phi) is 3.94. The van der Waals surface area contributed by atoms with Gasteiger partial charge in [0.2, 0.25) is 0 Å². The molecule has 1 saturated heterocycles. The van der Waals surface area contributed by atoms with E-state index in [0.29, 0.717) is 24.7 Å². The molecule has 0 aliphatic carbocycles. The molecule has 1 unspecified atom stereocenters. The topological polar surface area (TPSA) is 96.2 Å². The van der Waals surface area contributed by atoms with Gasteiger partial charge in [0, 0.05) is 19.6 Å². The van der Waals surface area contributed by atoms with Crippen molar-refractivity contribution in [3.8, 4) is 0 Å². The highest BCUT2D eigenvalue weighted by Crippen LogP contribution is 2.16. The first-order valence-electron chi connectivity index (χ1n) is 6.58. The van der Waals surface area contributed by atoms with E-state index in [1.165, 1.54) is 4.57 Å². The van der Waals surface area contributed by atoms with E-state index in [2.05, 4.69) is 22.2 Å². The lowest BCUT2D eigenvalue weighted by Gasteiger charge is -2.15. The number of anilines is 2. The number of likely N-dealkylation sites (tertiary alicyclic amines) is 1. The van der Waals surface area contributed by atoms with Crippen LogP contribution in [0.5, 0.6) is 0 Å². The normalized spacial score (nSPS) is 19.8. The molecule has 1 aliphatic rings. The Morgan fingerprint density at radius 2 is 2.21 bits per heavy atom. The minimum Gasteiger partial charge on any atom is -0.383 e. The zero-order valence-corrected chi connectivity index (χ0v) is 11.4. The molecular weight excluding hydrogens is 246 g/mol. The fourth-order valence-electron chi connectivity index (χ4n) is 2.51. The van der Waals surface area contributed by atoms with Crippen LogP contribution >= 0.6 is 0 Å². The molecule has 1 aromatic heterocycles. The van der Waals surface area contributed by atoms with Crippen LogP contribution < -0.4 is 22.3 Å². The molecule has 7 nitrogen and oxygen atoms in total. The summed E-state index contributed by atoms with van der Waals surface area (Å²) in [5.41, 5.74) is 5.27. The fraction of sp³-hybridized carbons (Fsp3) is 0.667. The van der Waals surface area contributed by atoms with Crippen LogP contribution in [-0.4, -0.2) is 41.1 Å². The Balaban J connectivity index is 2.16. The van der Waals surface area contributed by atoms with Gasteiger partial charge in [0.1, 0.15) is 11.5 Å². The minimum absolute atomic E-state index is 0.211.